The number of nitrogens with one attached hydrogen (secondary N) is 1. The smallest absolute Gasteiger partial charge is 0.329 e. The van der Waals surface area contributed by atoms with E-state index in [4.69, 9.17) is 10.4 Å². The second kappa shape index (κ2) is 8.01. The molecule has 0 fully saturated rings. The number of carbonyl (C=O) groups excluding carboxylic acids is 1. The van der Waals surface area contributed by atoms with E-state index >= 15 is 0 Å². The molecule has 1 amide bonds. The normalized spacial score (nSPS) is 9.07. The zero-order valence-electron chi connectivity index (χ0n) is 7.65. The number of amides is 1. The number of aliphatic carboxylic acids is 1. The molecule has 0 unspecified atom stereocenters. The summed E-state index contributed by atoms with van der Waals surface area (Å²) in [6, 6.07) is 1.94. The average Bonchev–Trinajstić information content (AvgIpc) is 2.12. The van der Waals surface area contributed by atoms with E-state index in [-0.39, 0.29) is 12.5 Å². The van der Waals surface area contributed by atoms with E-state index in [1.54, 1.807) is 0 Å². The zero-order valence-corrected chi connectivity index (χ0v) is 7.65. The maximum absolute atomic E-state index is 10.9. The zero-order chi connectivity index (χ0) is 10.8. The van der Waals surface area contributed by atoms with Crippen LogP contribution in [-0.2, 0) is 14.3 Å². The van der Waals surface area contributed by atoms with Crippen molar-refractivity contribution in [1.29, 1.82) is 5.26 Å². The Bertz CT molecular complexity index is 234. The van der Waals surface area contributed by atoms with E-state index in [1.165, 1.54) is 0 Å². The average molecular weight is 200 g/mol. The lowest BCUT2D eigenvalue weighted by atomic mass is 10.3. The molecule has 0 saturated heterocycles. The highest BCUT2D eigenvalue weighted by Crippen LogP contribution is 1.83. The van der Waals surface area contributed by atoms with E-state index in [2.05, 4.69) is 10.1 Å². The molecule has 6 heteroatoms. The highest BCUT2D eigenvalue weighted by molar-refractivity contribution is 5.77. The van der Waals surface area contributed by atoms with Gasteiger partial charge in [-0.2, -0.15) is 5.26 Å². The van der Waals surface area contributed by atoms with Crippen molar-refractivity contribution in [1.82, 2.24) is 5.32 Å². The van der Waals surface area contributed by atoms with Crippen LogP contribution in [0.5, 0.6) is 0 Å². The van der Waals surface area contributed by atoms with Crippen molar-refractivity contribution < 1.29 is 19.4 Å². The lowest BCUT2D eigenvalue weighted by molar-refractivity contribution is -0.143. The molecule has 6 nitrogen and oxygen atoms in total. The van der Waals surface area contributed by atoms with Crippen LogP contribution in [0.25, 0.3) is 0 Å². The highest BCUT2D eigenvalue weighted by Gasteiger charge is 2.02. The Morgan fingerprint density at radius 3 is 2.71 bits per heavy atom. The van der Waals surface area contributed by atoms with Gasteiger partial charge in [-0.05, 0) is 6.42 Å². The minimum Gasteiger partial charge on any atom is -0.480 e. The fourth-order valence-corrected chi connectivity index (χ4v) is 0.677. The van der Waals surface area contributed by atoms with Gasteiger partial charge in [-0.15, -0.1) is 0 Å². The maximum atomic E-state index is 10.9. The van der Waals surface area contributed by atoms with Crippen molar-refractivity contribution >= 4 is 11.9 Å². The van der Waals surface area contributed by atoms with E-state index < -0.39 is 12.6 Å². The van der Waals surface area contributed by atoms with Crippen LogP contribution in [0.15, 0.2) is 0 Å². The van der Waals surface area contributed by atoms with Gasteiger partial charge in [0, 0.05) is 13.0 Å². The SMILES string of the molecule is N#CCCCNC(=O)COCC(=O)O. The quantitative estimate of drug-likeness (QED) is 0.540. The standard InChI is InChI=1S/C8H12N2O4/c9-3-1-2-4-10-7(11)5-14-6-8(12)13/h1-2,4-6H2,(H,10,11)(H,12,13). The largest absolute Gasteiger partial charge is 0.480 e. The van der Waals surface area contributed by atoms with Crippen LogP contribution in [0.2, 0.25) is 0 Å². The first-order valence-corrected chi connectivity index (χ1v) is 4.10. The summed E-state index contributed by atoms with van der Waals surface area (Å²) in [5, 5.41) is 18.8. The Hall–Kier alpha value is -1.61. The Balaban J connectivity index is 3.29. The summed E-state index contributed by atoms with van der Waals surface area (Å²) in [4.78, 5) is 20.9. The number of nitrogens with zero attached hydrogens (tertiary/aromatic N) is 1. The lowest BCUT2D eigenvalue weighted by Crippen LogP contribution is -2.29. The first-order chi connectivity index (χ1) is 6.66. The molecule has 0 atom stereocenters. The van der Waals surface area contributed by atoms with Crippen molar-refractivity contribution in [2.45, 2.75) is 12.8 Å². The predicted octanol–water partition coefficient (Wildman–Crippen LogP) is -0.492. The number of hydrogen-bond donors (Lipinski definition) is 2. The second-order valence-electron chi connectivity index (χ2n) is 2.50. The first-order valence-electron chi connectivity index (χ1n) is 4.10. The third-order valence-electron chi connectivity index (χ3n) is 1.25. The molecule has 0 aromatic heterocycles. The van der Waals surface area contributed by atoms with Crippen LogP contribution < -0.4 is 5.32 Å². The molecule has 0 radical (unpaired) electrons. The van der Waals surface area contributed by atoms with E-state index in [0.717, 1.165) is 0 Å². The maximum Gasteiger partial charge on any atom is 0.329 e. The Kier molecular flexibility index (Phi) is 7.09. The van der Waals surface area contributed by atoms with Crippen LogP contribution in [0.4, 0.5) is 0 Å². The molecule has 0 heterocycles. The van der Waals surface area contributed by atoms with Crippen LogP contribution in [-0.4, -0.2) is 36.7 Å². The summed E-state index contributed by atoms with van der Waals surface area (Å²) < 4.78 is 4.54. The molecular formula is C8H12N2O4. The van der Waals surface area contributed by atoms with Crippen molar-refractivity contribution in [2.24, 2.45) is 0 Å². The summed E-state index contributed by atoms with van der Waals surface area (Å²) in [5.41, 5.74) is 0. The predicted molar refractivity (Wildman–Crippen MR) is 46.3 cm³/mol. The molecule has 14 heavy (non-hydrogen) atoms. The fraction of sp³-hybridized carbons (Fsp3) is 0.625. The summed E-state index contributed by atoms with van der Waals surface area (Å²) in [7, 11) is 0. The van der Waals surface area contributed by atoms with E-state index in [9.17, 15) is 9.59 Å². The Morgan fingerprint density at radius 2 is 2.14 bits per heavy atom. The molecule has 78 valence electrons. The summed E-state index contributed by atoms with van der Waals surface area (Å²) >= 11 is 0. The molecule has 0 aromatic rings. The summed E-state index contributed by atoms with van der Waals surface area (Å²) in [5.74, 6) is -1.48. The molecular weight excluding hydrogens is 188 g/mol. The fourth-order valence-electron chi connectivity index (χ4n) is 0.677. The third-order valence-corrected chi connectivity index (χ3v) is 1.25. The van der Waals surface area contributed by atoms with Gasteiger partial charge in [0.15, 0.2) is 0 Å². The van der Waals surface area contributed by atoms with Gasteiger partial charge < -0.3 is 15.2 Å². The van der Waals surface area contributed by atoms with Gasteiger partial charge in [0.2, 0.25) is 5.91 Å². The molecule has 0 saturated carbocycles. The second-order valence-corrected chi connectivity index (χ2v) is 2.50. The van der Waals surface area contributed by atoms with Crippen LogP contribution in [0.1, 0.15) is 12.8 Å². The number of ether oxygens (including phenoxy) is 1. The van der Waals surface area contributed by atoms with Gasteiger partial charge in [-0.3, -0.25) is 4.79 Å². The topological polar surface area (TPSA) is 99.4 Å². The van der Waals surface area contributed by atoms with Crippen molar-refractivity contribution in [3.63, 3.8) is 0 Å². The van der Waals surface area contributed by atoms with E-state index in [1.807, 2.05) is 6.07 Å². The highest BCUT2D eigenvalue weighted by atomic mass is 16.5. The summed E-state index contributed by atoms with van der Waals surface area (Å²) in [6.07, 6.45) is 0.970. The number of carboxylic acid groups (broad SMARTS) is 1. The number of hydrogen-bond acceptors (Lipinski definition) is 4. The number of nitriles is 1. The molecule has 0 aliphatic rings. The Morgan fingerprint density at radius 1 is 1.43 bits per heavy atom. The van der Waals surface area contributed by atoms with Gasteiger partial charge >= 0.3 is 5.97 Å². The minimum absolute atomic E-state index is 0.265. The van der Waals surface area contributed by atoms with Gasteiger partial charge in [-0.25, -0.2) is 4.79 Å². The number of rotatable bonds is 7. The number of carbonyl (C=O) groups is 2. The molecule has 0 aliphatic carbocycles. The van der Waals surface area contributed by atoms with Gasteiger partial charge in [0.25, 0.3) is 0 Å². The van der Waals surface area contributed by atoms with Gasteiger partial charge in [0.1, 0.15) is 13.2 Å². The molecule has 2 N–H and O–H groups in total. The number of carboxylic acids is 1. The van der Waals surface area contributed by atoms with Crippen molar-refractivity contribution in [3.8, 4) is 6.07 Å². The van der Waals surface area contributed by atoms with Crippen LogP contribution >= 0.6 is 0 Å². The lowest BCUT2D eigenvalue weighted by Gasteiger charge is -2.02. The molecule has 0 spiro atoms. The minimum atomic E-state index is -1.11. The van der Waals surface area contributed by atoms with Gasteiger partial charge in [0.05, 0.1) is 6.07 Å². The Labute approximate surface area is 81.5 Å². The van der Waals surface area contributed by atoms with Gasteiger partial charge in [-0.1, -0.05) is 0 Å². The molecule has 0 rings (SSSR count). The summed E-state index contributed by atoms with van der Waals surface area (Å²) in [6.45, 7) is -0.340. The van der Waals surface area contributed by atoms with Crippen molar-refractivity contribution in [2.75, 3.05) is 19.8 Å². The van der Waals surface area contributed by atoms with Crippen LogP contribution in [0.3, 0.4) is 0 Å². The molecule has 0 bridgehead atoms. The van der Waals surface area contributed by atoms with E-state index in [0.29, 0.717) is 19.4 Å². The molecule has 0 aliphatic heterocycles. The van der Waals surface area contributed by atoms with Crippen molar-refractivity contribution in [3.05, 3.63) is 0 Å². The molecule has 0 aromatic carbocycles. The van der Waals surface area contributed by atoms with Crippen LogP contribution in [0, 0.1) is 11.3 Å². The number of unbranched alkanes of at least 4 members (excludes halogenated alkanes) is 1. The third kappa shape index (κ3) is 8.49. The monoisotopic (exact) mass is 200 g/mol. The first kappa shape index (κ1) is 12.4.